The van der Waals surface area contributed by atoms with E-state index in [4.69, 9.17) is 9.84 Å². The largest absolute Gasteiger partial charge is 0.480 e. The van der Waals surface area contributed by atoms with Gasteiger partial charge in [-0.05, 0) is 76.7 Å². The van der Waals surface area contributed by atoms with Crippen LogP contribution >= 0.6 is 0 Å². The van der Waals surface area contributed by atoms with E-state index in [2.05, 4.69) is 79.9 Å². The maximum absolute atomic E-state index is 12.5. The second-order valence-electron chi connectivity index (χ2n) is 10.7. The molecule has 0 aliphatic rings. The fraction of sp³-hybridized carbons (Fsp3) is 0.595. The summed E-state index contributed by atoms with van der Waals surface area (Å²) in [6.45, 7) is 4.02. The van der Waals surface area contributed by atoms with Crippen molar-refractivity contribution >= 4 is 17.8 Å². The SMILES string of the molecule is CC/C=C\C/C=C\C/C=C\C/C=C\CCC(=O)OC(/C=C\C/C=C\CCCCCC)CCCCCCC(=O)NCC(=O)O. The molecular weight excluding hydrogens is 538 g/mol. The fourth-order valence-corrected chi connectivity index (χ4v) is 4.18. The van der Waals surface area contributed by atoms with E-state index in [0.29, 0.717) is 25.7 Å². The standard InChI is InChI=1S/C37H59NO5/c1-3-5-7-9-11-13-14-15-16-18-20-22-28-32-37(42)43-34(29-25-21-19-17-12-10-8-6-4-2)30-26-23-24-27-31-35(39)38-33-36(40)41/h5,7,11,13,15-17,19-20,22,25,29,34H,3-4,6,8-10,12,14,18,21,23-24,26-28,30-33H2,1-2H3,(H,38,39)(H,40,41)/b7-5-,13-11-,16-15-,19-17-,22-20-,29-25-. The molecule has 0 radical (unpaired) electrons. The third-order valence-corrected chi connectivity index (χ3v) is 6.61. The van der Waals surface area contributed by atoms with Gasteiger partial charge in [-0.1, -0.05) is 113 Å². The maximum atomic E-state index is 12.5. The number of carbonyl (C=O) groups is 3. The Morgan fingerprint density at radius 3 is 1.88 bits per heavy atom. The monoisotopic (exact) mass is 597 g/mol. The van der Waals surface area contributed by atoms with Gasteiger partial charge in [0, 0.05) is 12.8 Å². The first-order chi connectivity index (χ1) is 21.0. The molecular formula is C37H59NO5. The predicted molar refractivity (Wildman–Crippen MR) is 180 cm³/mol. The molecule has 0 aliphatic carbocycles. The molecule has 1 unspecified atom stereocenters. The molecule has 2 N–H and O–H groups in total. The van der Waals surface area contributed by atoms with E-state index in [-0.39, 0.29) is 24.5 Å². The molecule has 0 aromatic carbocycles. The van der Waals surface area contributed by atoms with Crippen molar-refractivity contribution in [1.29, 1.82) is 0 Å². The van der Waals surface area contributed by atoms with Crippen molar-refractivity contribution in [3.63, 3.8) is 0 Å². The lowest BCUT2D eigenvalue weighted by Gasteiger charge is -2.14. The Morgan fingerprint density at radius 1 is 0.651 bits per heavy atom. The number of carboxylic acid groups (broad SMARTS) is 1. The third kappa shape index (κ3) is 31.6. The van der Waals surface area contributed by atoms with E-state index in [1.54, 1.807) is 0 Å². The van der Waals surface area contributed by atoms with Gasteiger partial charge in [0.1, 0.15) is 12.6 Å². The Kier molecular flexibility index (Phi) is 29.5. The molecule has 0 bridgehead atoms. The number of esters is 1. The first-order valence-electron chi connectivity index (χ1n) is 16.6. The summed E-state index contributed by atoms with van der Waals surface area (Å²) in [7, 11) is 0. The summed E-state index contributed by atoms with van der Waals surface area (Å²) in [5.41, 5.74) is 0. The number of nitrogens with one attached hydrogen (secondary N) is 1. The molecule has 0 aliphatic heterocycles. The smallest absolute Gasteiger partial charge is 0.322 e. The Labute approximate surface area is 262 Å². The number of carbonyl (C=O) groups excluding carboxylic acids is 2. The minimum atomic E-state index is -1.04. The van der Waals surface area contributed by atoms with Crippen molar-refractivity contribution in [3.8, 4) is 0 Å². The minimum absolute atomic E-state index is 0.182. The molecule has 43 heavy (non-hydrogen) atoms. The summed E-state index contributed by atoms with van der Waals surface area (Å²) in [5, 5.41) is 11.0. The molecule has 242 valence electrons. The van der Waals surface area contributed by atoms with Gasteiger partial charge in [-0.15, -0.1) is 0 Å². The lowest BCUT2D eigenvalue weighted by atomic mass is 10.1. The highest BCUT2D eigenvalue weighted by Gasteiger charge is 2.11. The lowest BCUT2D eigenvalue weighted by molar-refractivity contribution is -0.147. The first-order valence-corrected chi connectivity index (χ1v) is 16.6. The number of hydrogen-bond donors (Lipinski definition) is 2. The van der Waals surface area contributed by atoms with Gasteiger partial charge in [-0.25, -0.2) is 0 Å². The molecule has 1 amide bonds. The van der Waals surface area contributed by atoms with Gasteiger partial charge in [-0.3, -0.25) is 14.4 Å². The number of carboxylic acids is 1. The summed E-state index contributed by atoms with van der Waals surface area (Å²) in [6, 6.07) is 0. The van der Waals surface area contributed by atoms with Crippen molar-refractivity contribution in [2.24, 2.45) is 0 Å². The average molecular weight is 598 g/mol. The van der Waals surface area contributed by atoms with E-state index >= 15 is 0 Å². The highest BCUT2D eigenvalue weighted by molar-refractivity contribution is 5.80. The topological polar surface area (TPSA) is 92.7 Å². The van der Waals surface area contributed by atoms with Crippen LogP contribution in [0.3, 0.4) is 0 Å². The molecule has 0 saturated heterocycles. The van der Waals surface area contributed by atoms with Crippen LogP contribution in [0.2, 0.25) is 0 Å². The Bertz CT molecular complexity index is 881. The molecule has 0 heterocycles. The van der Waals surface area contributed by atoms with Gasteiger partial charge in [-0.2, -0.15) is 0 Å². The van der Waals surface area contributed by atoms with Crippen LogP contribution in [0.15, 0.2) is 72.9 Å². The number of allylic oxidation sites excluding steroid dienone is 11. The number of aliphatic carboxylic acids is 1. The Balaban J connectivity index is 4.44. The van der Waals surface area contributed by atoms with E-state index < -0.39 is 5.97 Å². The number of rotatable bonds is 28. The molecule has 0 aromatic heterocycles. The van der Waals surface area contributed by atoms with Crippen molar-refractivity contribution < 1.29 is 24.2 Å². The van der Waals surface area contributed by atoms with Gasteiger partial charge >= 0.3 is 11.9 Å². The van der Waals surface area contributed by atoms with E-state index in [1.807, 2.05) is 12.2 Å². The molecule has 0 fully saturated rings. The first kappa shape index (κ1) is 39.8. The summed E-state index contributed by atoms with van der Waals surface area (Å²) >= 11 is 0. The van der Waals surface area contributed by atoms with Crippen LogP contribution in [0.1, 0.15) is 129 Å². The van der Waals surface area contributed by atoms with Crippen LogP contribution in [0.25, 0.3) is 0 Å². The number of ether oxygens (including phenoxy) is 1. The summed E-state index contributed by atoms with van der Waals surface area (Å²) in [5.74, 6) is -1.45. The number of unbranched alkanes of at least 4 members (excludes halogenated alkanes) is 7. The lowest BCUT2D eigenvalue weighted by Crippen LogP contribution is -2.28. The molecule has 0 rings (SSSR count). The van der Waals surface area contributed by atoms with Crippen molar-refractivity contribution in [3.05, 3.63) is 72.9 Å². The van der Waals surface area contributed by atoms with Crippen LogP contribution in [0.5, 0.6) is 0 Å². The van der Waals surface area contributed by atoms with Crippen LogP contribution in [0.4, 0.5) is 0 Å². The van der Waals surface area contributed by atoms with Crippen molar-refractivity contribution in [1.82, 2.24) is 5.32 Å². The number of hydrogen-bond acceptors (Lipinski definition) is 4. The van der Waals surface area contributed by atoms with Gasteiger partial charge in [0.2, 0.25) is 5.91 Å². The molecule has 0 spiro atoms. The summed E-state index contributed by atoms with van der Waals surface area (Å²) in [6.07, 6.45) is 41.8. The average Bonchev–Trinajstić information content (AvgIpc) is 2.99. The predicted octanol–water partition coefficient (Wildman–Crippen LogP) is 9.50. The molecule has 0 saturated carbocycles. The third-order valence-electron chi connectivity index (χ3n) is 6.61. The summed E-state index contributed by atoms with van der Waals surface area (Å²) < 4.78 is 5.80. The van der Waals surface area contributed by atoms with Crippen LogP contribution in [-0.4, -0.2) is 35.6 Å². The zero-order valence-electron chi connectivity index (χ0n) is 27.0. The zero-order valence-corrected chi connectivity index (χ0v) is 27.0. The van der Waals surface area contributed by atoms with Crippen molar-refractivity contribution in [2.75, 3.05) is 6.54 Å². The Morgan fingerprint density at radius 2 is 1.23 bits per heavy atom. The van der Waals surface area contributed by atoms with E-state index in [9.17, 15) is 14.4 Å². The van der Waals surface area contributed by atoms with Gasteiger partial charge < -0.3 is 15.2 Å². The van der Waals surface area contributed by atoms with E-state index in [0.717, 1.165) is 64.2 Å². The molecule has 1 atom stereocenters. The molecule has 6 heteroatoms. The fourth-order valence-electron chi connectivity index (χ4n) is 4.18. The second-order valence-corrected chi connectivity index (χ2v) is 10.7. The maximum Gasteiger partial charge on any atom is 0.322 e. The highest BCUT2D eigenvalue weighted by atomic mass is 16.5. The van der Waals surface area contributed by atoms with Crippen LogP contribution < -0.4 is 5.32 Å². The molecule has 0 aromatic rings. The van der Waals surface area contributed by atoms with E-state index in [1.165, 1.54) is 25.7 Å². The van der Waals surface area contributed by atoms with Crippen LogP contribution in [0, 0.1) is 0 Å². The second kappa shape index (κ2) is 31.8. The van der Waals surface area contributed by atoms with Gasteiger partial charge in [0.05, 0.1) is 0 Å². The van der Waals surface area contributed by atoms with Crippen LogP contribution in [-0.2, 0) is 19.1 Å². The minimum Gasteiger partial charge on any atom is -0.480 e. The quantitative estimate of drug-likeness (QED) is 0.0532. The normalized spacial score (nSPS) is 13.0. The van der Waals surface area contributed by atoms with Gasteiger partial charge in [0.25, 0.3) is 0 Å². The zero-order chi connectivity index (χ0) is 31.6. The Hall–Kier alpha value is -3.15. The van der Waals surface area contributed by atoms with Gasteiger partial charge in [0.15, 0.2) is 0 Å². The summed E-state index contributed by atoms with van der Waals surface area (Å²) in [4.78, 5) is 34.7. The molecule has 6 nitrogen and oxygen atoms in total. The highest BCUT2D eigenvalue weighted by Crippen LogP contribution is 2.13. The van der Waals surface area contributed by atoms with Crippen molar-refractivity contribution in [2.45, 2.75) is 136 Å². The number of amides is 1.